The molecule has 0 bridgehead atoms. The van der Waals surface area contributed by atoms with E-state index in [1.807, 2.05) is 0 Å². The molecule has 0 aliphatic carbocycles. The summed E-state index contributed by atoms with van der Waals surface area (Å²) in [5.74, 6) is 0. The molecule has 0 spiro atoms. The SMILES string of the molecule is CC(C)(C)[Si](OC[C@@H]1CCCCN1)(c1ccccc1)c1ccccc1. The van der Waals surface area contributed by atoms with Crippen LogP contribution >= 0.6 is 0 Å². The van der Waals surface area contributed by atoms with Gasteiger partial charge in [-0.05, 0) is 34.8 Å². The highest BCUT2D eigenvalue weighted by molar-refractivity contribution is 6.99. The smallest absolute Gasteiger partial charge is 0.261 e. The molecule has 134 valence electrons. The van der Waals surface area contributed by atoms with Gasteiger partial charge < -0.3 is 9.74 Å². The van der Waals surface area contributed by atoms with Gasteiger partial charge in [-0.15, -0.1) is 0 Å². The van der Waals surface area contributed by atoms with E-state index in [0.29, 0.717) is 6.04 Å². The average Bonchev–Trinajstić information content (AvgIpc) is 2.64. The summed E-state index contributed by atoms with van der Waals surface area (Å²) in [7, 11) is -2.37. The molecular formula is C22H31NOSi. The van der Waals surface area contributed by atoms with Gasteiger partial charge in [-0.1, -0.05) is 87.9 Å². The Hall–Kier alpha value is -1.42. The molecule has 2 aromatic carbocycles. The fraction of sp³-hybridized carbons (Fsp3) is 0.455. The molecule has 3 rings (SSSR count). The van der Waals surface area contributed by atoms with E-state index < -0.39 is 8.32 Å². The van der Waals surface area contributed by atoms with Gasteiger partial charge in [0.2, 0.25) is 0 Å². The molecule has 0 unspecified atom stereocenters. The van der Waals surface area contributed by atoms with Crippen LogP contribution in [0, 0.1) is 0 Å². The molecule has 1 aliphatic heterocycles. The van der Waals surface area contributed by atoms with E-state index in [-0.39, 0.29) is 5.04 Å². The topological polar surface area (TPSA) is 21.3 Å². The van der Waals surface area contributed by atoms with Crippen molar-refractivity contribution in [3.8, 4) is 0 Å². The molecule has 25 heavy (non-hydrogen) atoms. The Kier molecular flexibility index (Phi) is 5.77. The summed E-state index contributed by atoms with van der Waals surface area (Å²) in [5.41, 5.74) is 0. The minimum absolute atomic E-state index is 0.0599. The summed E-state index contributed by atoms with van der Waals surface area (Å²) in [4.78, 5) is 0. The Labute approximate surface area is 153 Å². The molecular weight excluding hydrogens is 322 g/mol. The highest BCUT2D eigenvalue weighted by Gasteiger charge is 2.50. The Morgan fingerprint density at radius 3 is 1.92 bits per heavy atom. The number of hydrogen-bond donors (Lipinski definition) is 1. The van der Waals surface area contributed by atoms with Gasteiger partial charge in [0.25, 0.3) is 8.32 Å². The lowest BCUT2D eigenvalue weighted by molar-refractivity contribution is 0.227. The third kappa shape index (κ3) is 3.89. The molecule has 0 amide bonds. The van der Waals surface area contributed by atoms with Crippen LogP contribution in [0.15, 0.2) is 60.7 Å². The lowest BCUT2D eigenvalue weighted by atomic mass is 10.1. The van der Waals surface area contributed by atoms with Crippen molar-refractivity contribution in [3.05, 3.63) is 60.7 Å². The monoisotopic (exact) mass is 353 g/mol. The first-order valence-corrected chi connectivity index (χ1v) is 11.4. The van der Waals surface area contributed by atoms with Gasteiger partial charge in [0.05, 0.1) is 6.61 Å². The summed E-state index contributed by atoms with van der Waals surface area (Å²) in [6, 6.07) is 22.3. The summed E-state index contributed by atoms with van der Waals surface area (Å²) in [6.07, 6.45) is 3.82. The first-order valence-electron chi connectivity index (χ1n) is 9.52. The summed E-state index contributed by atoms with van der Waals surface area (Å²) < 4.78 is 6.98. The van der Waals surface area contributed by atoms with Crippen molar-refractivity contribution in [1.29, 1.82) is 0 Å². The summed E-state index contributed by atoms with van der Waals surface area (Å²) in [6.45, 7) is 8.94. The third-order valence-corrected chi connectivity index (χ3v) is 10.3. The maximum atomic E-state index is 6.98. The molecule has 1 atom stereocenters. The fourth-order valence-electron chi connectivity index (χ4n) is 4.05. The van der Waals surface area contributed by atoms with Crippen LogP contribution in [0.5, 0.6) is 0 Å². The predicted octanol–water partition coefficient (Wildman–Crippen LogP) is 3.71. The van der Waals surface area contributed by atoms with Crippen molar-refractivity contribution in [3.63, 3.8) is 0 Å². The molecule has 1 N–H and O–H groups in total. The van der Waals surface area contributed by atoms with Crippen molar-refractivity contribution in [1.82, 2.24) is 5.32 Å². The Morgan fingerprint density at radius 1 is 0.920 bits per heavy atom. The molecule has 1 aliphatic rings. The molecule has 2 aromatic rings. The van der Waals surface area contributed by atoms with Crippen molar-refractivity contribution in [2.45, 2.75) is 51.1 Å². The highest BCUT2D eigenvalue weighted by Crippen LogP contribution is 2.36. The molecule has 1 fully saturated rings. The average molecular weight is 354 g/mol. The van der Waals surface area contributed by atoms with Crippen LogP contribution in [0.4, 0.5) is 0 Å². The molecule has 2 nitrogen and oxygen atoms in total. The number of hydrogen-bond acceptors (Lipinski definition) is 2. The van der Waals surface area contributed by atoms with Crippen LogP contribution < -0.4 is 15.7 Å². The Balaban J connectivity index is 2.02. The van der Waals surface area contributed by atoms with Gasteiger partial charge in [-0.2, -0.15) is 0 Å². The lowest BCUT2D eigenvalue weighted by Gasteiger charge is -2.44. The summed E-state index contributed by atoms with van der Waals surface area (Å²) >= 11 is 0. The van der Waals surface area contributed by atoms with Crippen LogP contribution in [0.1, 0.15) is 40.0 Å². The van der Waals surface area contributed by atoms with Crippen LogP contribution in [0.2, 0.25) is 5.04 Å². The Bertz CT molecular complexity index is 605. The zero-order chi connectivity index (χ0) is 17.8. The number of rotatable bonds is 5. The van der Waals surface area contributed by atoms with Crippen LogP contribution in [0.3, 0.4) is 0 Å². The zero-order valence-corrected chi connectivity index (χ0v) is 16.8. The van der Waals surface area contributed by atoms with Crippen LogP contribution in [-0.2, 0) is 4.43 Å². The highest BCUT2D eigenvalue weighted by atomic mass is 28.4. The second-order valence-electron chi connectivity index (χ2n) is 8.12. The van der Waals surface area contributed by atoms with Gasteiger partial charge in [-0.3, -0.25) is 0 Å². The second-order valence-corrected chi connectivity index (χ2v) is 12.4. The second kappa shape index (κ2) is 7.86. The summed E-state index contributed by atoms with van der Waals surface area (Å²) in [5, 5.41) is 6.43. The molecule has 0 radical (unpaired) electrons. The van der Waals surface area contributed by atoms with Gasteiger partial charge in [0.15, 0.2) is 0 Å². The van der Waals surface area contributed by atoms with Crippen LogP contribution in [-0.4, -0.2) is 27.5 Å². The quantitative estimate of drug-likeness (QED) is 0.828. The van der Waals surface area contributed by atoms with E-state index in [4.69, 9.17) is 4.43 Å². The van der Waals surface area contributed by atoms with Gasteiger partial charge in [-0.25, -0.2) is 0 Å². The van der Waals surface area contributed by atoms with Crippen LogP contribution in [0.25, 0.3) is 0 Å². The van der Waals surface area contributed by atoms with Gasteiger partial charge in [0.1, 0.15) is 0 Å². The maximum absolute atomic E-state index is 6.98. The van der Waals surface area contributed by atoms with Crippen molar-refractivity contribution in [2.24, 2.45) is 0 Å². The largest absolute Gasteiger partial charge is 0.406 e. The van der Waals surface area contributed by atoms with E-state index in [2.05, 4.69) is 86.8 Å². The first kappa shape index (κ1) is 18.4. The van der Waals surface area contributed by atoms with E-state index in [1.165, 1.54) is 29.6 Å². The Morgan fingerprint density at radius 2 is 1.48 bits per heavy atom. The number of nitrogens with one attached hydrogen (secondary N) is 1. The minimum Gasteiger partial charge on any atom is -0.406 e. The van der Waals surface area contributed by atoms with E-state index >= 15 is 0 Å². The molecule has 1 saturated heterocycles. The molecule has 0 aromatic heterocycles. The molecule has 1 heterocycles. The van der Waals surface area contributed by atoms with Crippen molar-refractivity contribution in [2.75, 3.05) is 13.2 Å². The van der Waals surface area contributed by atoms with Gasteiger partial charge in [0, 0.05) is 6.04 Å². The normalized spacial score (nSPS) is 18.9. The number of piperidine rings is 1. The van der Waals surface area contributed by atoms with E-state index in [0.717, 1.165) is 13.2 Å². The predicted molar refractivity (Wildman–Crippen MR) is 109 cm³/mol. The van der Waals surface area contributed by atoms with E-state index in [9.17, 15) is 0 Å². The molecule has 0 saturated carbocycles. The first-order chi connectivity index (χ1) is 12.0. The van der Waals surface area contributed by atoms with Crippen molar-refractivity contribution < 1.29 is 4.43 Å². The van der Waals surface area contributed by atoms with E-state index in [1.54, 1.807) is 0 Å². The minimum atomic E-state index is -2.37. The third-order valence-electron chi connectivity index (χ3n) is 5.33. The zero-order valence-electron chi connectivity index (χ0n) is 15.8. The standard InChI is InChI=1S/C22H31NOSi/c1-22(2,3)25(20-13-6-4-7-14-20,21-15-8-5-9-16-21)24-18-19-12-10-11-17-23-19/h4-9,13-16,19,23H,10-12,17-18H2,1-3H3/t19-/m0/s1. The lowest BCUT2D eigenvalue weighted by Crippen LogP contribution is -2.67. The maximum Gasteiger partial charge on any atom is 0.261 e. The fourth-order valence-corrected chi connectivity index (χ4v) is 8.66. The molecule has 3 heteroatoms. The van der Waals surface area contributed by atoms with Crippen molar-refractivity contribution >= 4 is 18.7 Å². The number of benzene rings is 2. The van der Waals surface area contributed by atoms with Gasteiger partial charge >= 0.3 is 0 Å².